The summed E-state index contributed by atoms with van der Waals surface area (Å²) >= 11 is 3.31. The van der Waals surface area contributed by atoms with Gasteiger partial charge in [-0.15, -0.1) is 0 Å². The highest BCUT2D eigenvalue weighted by Gasteiger charge is 2.07. The number of carbonyl (C=O) groups is 1. The molecule has 0 aliphatic heterocycles. The first kappa shape index (κ1) is 7.49. The Kier molecular flexibility index (Phi) is 1.69. The number of nitrogens with zero attached hydrogens (tertiary/aromatic N) is 1. The molecule has 0 aliphatic rings. The molecular formula is C8H5BrN2O. The van der Waals surface area contributed by atoms with E-state index >= 15 is 0 Å². The molecule has 0 fully saturated rings. The van der Waals surface area contributed by atoms with Gasteiger partial charge < -0.3 is 4.98 Å². The summed E-state index contributed by atoms with van der Waals surface area (Å²) < 4.78 is 0.778. The molecule has 0 saturated carbocycles. The summed E-state index contributed by atoms with van der Waals surface area (Å²) in [7, 11) is 0. The number of H-pyrrole nitrogens is 1. The van der Waals surface area contributed by atoms with Gasteiger partial charge in [-0.1, -0.05) is 0 Å². The molecular weight excluding hydrogens is 220 g/mol. The maximum Gasteiger partial charge on any atom is 0.167 e. The maximum absolute atomic E-state index is 10.5. The Hall–Kier alpha value is -1.16. The van der Waals surface area contributed by atoms with E-state index in [2.05, 4.69) is 25.9 Å². The minimum atomic E-state index is 0.531. The third-order valence-electron chi connectivity index (χ3n) is 1.65. The molecule has 2 heterocycles. The van der Waals surface area contributed by atoms with Crippen LogP contribution in [-0.4, -0.2) is 16.3 Å². The number of carbonyl (C=O) groups excluding carboxylic acids is 1. The SMILES string of the molecule is O=Cc1[nH]c2ncccc2c1Br. The molecule has 2 aromatic rings. The number of halogens is 1. The first-order chi connectivity index (χ1) is 5.83. The van der Waals surface area contributed by atoms with E-state index in [-0.39, 0.29) is 0 Å². The van der Waals surface area contributed by atoms with Crippen molar-refractivity contribution in [3.63, 3.8) is 0 Å². The number of pyridine rings is 1. The van der Waals surface area contributed by atoms with Crippen LogP contribution in [0.3, 0.4) is 0 Å². The van der Waals surface area contributed by atoms with Crippen LogP contribution in [0.15, 0.2) is 22.8 Å². The van der Waals surface area contributed by atoms with Crippen LogP contribution >= 0.6 is 15.9 Å². The van der Waals surface area contributed by atoms with Crippen molar-refractivity contribution in [1.29, 1.82) is 0 Å². The first-order valence-corrected chi connectivity index (χ1v) is 4.19. The molecule has 0 aromatic carbocycles. The fourth-order valence-electron chi connectivity index (χ4n) is 1.09. The standard InChI is InChI=1S/C8H5BrN2O/c9-7-5-2-1-3-10-8(5)11-6(7)4-12/h1-4H,(H,10,11). The molecule has 0 radical (unpaired) electrons. The lowest BCUT2D eigenvalue weighted by molar-refractivity contribution is 0.111. The van der Waals surface area contributed by atoms with Gasteiger partial charge in [0.25, 0.3) is 0 Å². The number of aromatic nitrogens is 2. The largest absolute Gasteiger partial charge is 0.336 e. The summed E-state index contributed by atoms with van der Waals surface area (Å²) in [6, 6.07) is 3.73. The van der Waals surface area contributed by atoms with Crippen LogP contribution in [0.1, 0.15) is 10.5 Å². The zero-order valence-electron chi connectivity index (χ0n) is 6.04. The molecule has 60 valence electrons. The third kappa shape index (κ3) is 0.956. The van der Waals surface area contributed by atoms with E-state index in [0.717, 1.165) is 21.8 Å². The predicted molar refractivity (Wildman–Crippen MR) is 49.2 cm³/mol. The summed E-state index contributed by atoms with van der Waals surface area (Å²) in [4.78, 5) is 17.5. The number of rotatable bonds is 1. The smallest absolute Gasteiger partial charge is 0.167 e. The van der Waals surface area contributed by atoms with Crippen molar-refractivity contribution in [2.75, 3.05) is 0 Å². The zero-order chi connectivity index (χ0) is 8.55. The molecule has 2 rings (SSSR count). The van der Waals surface area contributed by atoms with E-state index in [0.29, 0.717) is 5.69 Å². The van der Waals surface area contributed by atoms with Crippen LogP contribution in [0.4, 0.5) is 0 Å². The molecule has 1 N–H and O–H groups in total. The Morgan fingerprint density at radius 3 is 3.08 bits per heavy atom. The van der Waals surface area contributed by atoms with E-state index in [1.54, 1.807) is 6.20 Å². The van der Waals surface area contributed by atoms with Gasteiger partial charge in [-0.25, -0.2) is 4.98 Å². The number of fused-ring (bicyclic) bond motifs is 1. The normalized spacial score (nSPS) is 10.4. The highest BCUT2D eigenvalue weighted by atomic mass is 79.9. The molecule has 12 heavy (non-hydrogen) atoms. The summed E-state index contributed by atoms with van der Waals surface area (Å²) in [6.07, 6.45) is 2.45. The fraction of sp³-hybridized carbons (Fsp3) is 0. The topological polar surface area (TPSA) is 45.8 Å². The van der Waals surface area contributed by atoms with E-state index in [9.17, 15) is 4.79 Å². The summed E-state index contributed by atoms with van der Waals surface area (Å²) in [5, 5.41) is 0.930. The molecule has 4 heteroatoms. The number of aldehydes is 1. The van der Waals surface area contributed by atoms with Crippen molar-refractivity contribution < 1.29 is 4.79 Å². The highest BCUT2D eigenvalue weighted by molar-refractivity contribution is 9.10. The Labute approximate surface area is 76.9 Å². The molecule has 3 nitrogen and oxygen atoms in total. The Morgan fingerprint density at radius 2 is 2.42 bits per heavy atom. The molecule has 0 unspecified atom stereocenters. The second kappa shape index (κ2) is 2.71. The molecule has 0 aliphatic carbocycles. The van der Waals surface area contributed by atoms with Crippen LogP contribution < -0.4 is 0 Å². The molecule has 2 aromatic heterocycles. The van der Waals surface area contributed by atoms with Crippen LogP contribution in [0.25, 0.3) is 11.0 Å². The van der Waals surface area contributed by atoms with Gasteiger partial charge in [0, 0.05) is 11.6 Å². The minimum absolute atomic E-state index is 0.531. The van der Waals surface area contributed by atoms with E-state index in [1.807, 2.05) is 12.1 Å². The second-order valence-corrected chi connectivity index (χ2v) is 3.16. The van der Waals surface area contributed by atoms with Crippen molar-refractivity contribution in [2.45, 2.75) is 0 Å². The van der Waals surface area contributed by atoms with Gasteiger partial charge in [0.05, 0.1) is 10.2 Å². The molecule has 0 bridgehead atoms. The van der Waals surface area contributed by atoms with Crippen LogP contribution in [0.2, 0.25) is 0 Å². The minimum Gasteiger partial charge on any atom is -0.336 e. The summed E-state index contributed by atoms with van der Waals surface area (Å²) in [5.41, 5.74) is 1.26. The molecule has 0 atom stereocenters. The summed E-state index contributed by atoms with van der Waals surface area (Å²) in [5.74, 6) is 0. The van der Waals surface area contributed by atoms with Gasteiger partial charge in [0.1, 0.15) is 5.65 Å². The third-order valence-corrected chi connectivity index (χ3v) is 2.51. The Balaban J connectivity index is 2.87. The predicted octanol–water partition coefficient (Wildman–Crippen LogP) is 2.14. The van der Waals surface area contributed by atoms with Crippen molar-refractivity contribution in [3.8, 4) is 0 Å². The van der Waals surface area contributed by atoms with Gasteiger partial charge >= 0.3 is 0 Å². The van der Waals surface area contributed by atoms with Crippen molar-refractivity contribution in [1.82, 2.24) is 9.97 Å². The Bertz CT molecular complexity index is 436. The van der Waals surface area contributed by atoms with E-state index in [1.165, 1.54) is 0 Å². The second-order valence-electron chi connectivity index (χ2n) is 2.37. The van der Waals surface area contributed by atoms with Crippen LogP contribution in [0.5, 0.6) is 0 Å². The number of nitrogens with one attached hydrogen (secondary N) is 1. The lowest BCUT2D eigenvalue weighted by Crippen LogP contribution is -1.77. The molecule has 0 spiro atoms. The average molecular weight is 225 g/mol. The van der Waals surface area contributed by atoms with Gasteiger partial charge in [-0.05, 0) is 28.1 Å². The lowest BCUT2D eigenvalue weighted by Gasteiger charge is -1.85. The van der Waals surface area contributed by atoms with Crippen LogP contribution in [-0.2, 0) is 0 Å². The van der Waals surface area contributed by atoms with Gasteiger partial charge in [-0.2, -0.15) is 0 Å². The lowest BCUT2D eigenvalue weighted by atomic mass is 10.3. The van der Waals surface area contributed by atoms with Crippen molar-refractivity contribution in [3.05, 3.63) is 28.5 Å². The quantitative estimate of drug-likeness (QED) is 0.755. The highest BCUT2D eigenvalue weighted by Crippen LogP contribution is 2.24. The zero-order valence-corrected chi connectivity index (χ0v) is 7.63. The number of hydrogen-bond acceptors (Lipinski definition) is 2. The average Bonchev–Trinajstić information content (AvgIpc) is 2.44. The monoisotopic (exact) mass is 224 g/mol. The van der Waals surface area contributed by atoms with Gasteiger partial charge in [-0.3, -0.25) is 4.79 Å². The van der Waals surface area contributed by atoms with Crippen LogP contribution in [0, 0.1) is 0 Å². The van der Waals surface area contributed by atoms with Gasteiger partial charge in [0.15, 0.2) is 6.29 Å². The first-order valence-electron chi connectivity index (χ1n) is 3.40. The van der Waals surface area contributed by atoms with E-state index < -0.39 is 0 Å². The Morgan fingerprint density at radius 1 is 1.58 bits per heavy atom. The van der Waals surface area contributed by atoms with Crippen molar-refractivity contribution in [2.24, 2.45) is 0 Å². The fourth-order valence-corrected chi connectivity index (χ4v) is 1.60. The van der Waals surface area contributed by atoms with Gasteiger partial charge in [0.2, 0.25) is 0 Å². The number of aromatic amines is 1. The maximum atomic E-state index is 10.5. The van der Waals surface area contributed by atoms with Crippen molar-refractivity contribution >= 4 is 33.2 Å². The van der Waals surface area contributed by atoms with E-state index in [4.69, 9.17) is 0 Å². The molecule has 0 saturated heterocycles. The molecule has 0 amide bonds. The summed E-state index contributed by atoms with van der Waals surface area (Å²) in [6.45, 7) is 0. The number of hydrogen-bond donors (Lipinski definition) is 1.